The lowest BCUT2D eigenvalue weighted by atomic mass is 10.1. The first-order valence-electron chi connectivity index (χ1n) is 9.38. The van der Waals surface area contributed by atoms with E-state index >= 15 is 0 Å². The maximum Gasteiger partial charge on any atom is 0.259 e. The molecule has 4 aromatic rings. The second kappa shape index (κ2) is 8.85. The van der Waals surface area contributed by atoms with E-state index in [4.69, 9.17) is 16.3 Å². The molecule has 0 aliphatic heterocycles. The van der Waals surface area contributed by atoms with Gasteiger partial charge in [-0.05, 0) is 49.4 Å². The maximum absolute atomic E-state index is 12.6. The highest BCUT2D eigenvalue weighted by Gasteiger charge is 2.13. The summed E-state index contributed by atoms with van der Waals surface area (Å²) in [6.45, 7) is 1.90. The molecule has 0 aliphatic carbocycles. The topological polar surface area (TPSA) is 94.0 Å². The molecule has 1 amide bonds. The van der Waals surface area contributed by atoms with E-state index in [9.17, 15) is 4.79 Å². The number of nitrogens with zero attached hydrogens (tertiary/aromatic N) is 4. The van der Waals surface area contributed by atoms with Crippen LogP contribution in [0.3, 0.4) is 0 Å². The maximum atomic E-state index is 12.6. The molecular weight excluding hydrogens is 416 g/mol. The molecule has 9 heteroatoms. The summed E-state index contributed by atoms with van der Waals surface area (Å²) in [4.78, 5) is 25.4. The number of aryl methyl sites for hydroxylation is 1. The van der Waals surface area contributed by atoms with Gasteiger partial charge in [-0.15, -0.1) is 0 Å². The first kappa shape index (κ1) is 20.4. The highest BCUT2D eigenvalue weighted by molar-refractivity contribution is 6.31. The molecule has 0 atom stereocenters. The number of carbonyl (C=O) groups is 1. The van der Waals surface area contributed by atoms with Crippen molar-refractivity contribution in [3.8, 4) is 11.6 Å². The van der Waals surface area contributed by atoms with E-state index in [0.717, 1.165) is 11.5 Å². The number of halogens is 1. The fourth-order valence-corrected chi connectivity index (χ4v) is 3.18. The van der Waals surface area contributed by atoms with Gasteiger partial charge in [-0.1, -0.05) is 11.6 Å². The van der Waals surface area contributed by atoms with Crippen LogP contribution in [0.2, 0.25) is 5.02 Å². The van der Waals surface area contributed by atoms with Crippen molar-refractivity contribution in [2.75, 3.05) is 17.7 Å². The Morgan fingerprint density at radius 3 is 2.52 bits per heavy atom. The summed E-state index contributed by atoms with van der Waals surface area (Å²) in [6, 6.07) is 14.0. The predicted octanol–water partition coefficient (Wildman–Crippen LogP) is 4.63. The van der Waals surface area contributed by atoms with Crippen LogP contribution in [0, 0.1) is 6.92 Å². The third-order valence-electron chi connectivity index (χ3n) is 4.55. The number of imidazole rings is 1. The number of benzene rings is 2. The van der Waals surface area contributed by atoms with Gasteiger partial charge in [0.05, 0.1) is 12.7 Å². The number of hydrogen-bond donors (Lipinski definition) is 2. The van der Waals surface area contributed by atoms with Crippen molar-refractivity contribution < 1.29 is 9.53 Å². The standard InChI is InChI=1S/C22H19ClN6O2/c1-14-24-9-10-29(14)21-12-20(25-13-26-21)27-16-4-6-17(7-5-16)28-22(30)18-11-15(23)3-8-19(18)31-2/h3-13H,1-2H3,(H,28,30)(H,25,26,27). The predicted molar refractivity (Wildman–Crippen MR) is 120 cm³/mol. The van der Waals surface area contributed by atoms with E-state index in [1.165, 1.54) is 13.4 Å². The number of aromatic nitrogens is 4. The van der Waals surface area contributed by atoms with Crippen molar-refractivity contribution in [1.29, 1.82) is 0 Å². The van der Waals surface area contributed by atoms with Gasteiger partial charge in [-0.3, -0.25) is 9.36 Å². The molecule has 0 saturated carbocycles. The molecule has 4 rings (SSSR count). The highest BCUT2D eigenvalue weighted by atomic mass is 35.5. The molecule has 0 radical (unpaired) electrons. The Kier molecular flexibility index (Phi) is 5.81. The molecule has 2 N–H and O–H groups in total. The Hall–Kier alpha value is -3.91. The SMILES string of the molecule is COc1ccc(Cl)cc1C(=O)Nc1ccc(Nc2cc(-n3ccnc3C)ncn2)cc1. The molecular formula is C22H19ClN6O2. The summed E-state index contributed by atoms with van der Waals surface area (Å²) in [5, 5.41) is 6.53. The molecule has 156 valence electrons. The summed E-state index contributed by atoms with van der Waals surface area (Å²) in [6.07, 6.45) is 5.05. The molecule has 31 heavy (non-hydrogen) atoms. The molecule has 0 spiro atoms. The van der Waals surface area contributed by atoms with Crippen LogP contribution in [0.15, 0.2) is 67.3 Å². The number of nitrogens with one attached hydrogen (secondary N) is 2. The van der Waals surface area contributed by atoms with Crippen molar-refractivity contribution in [2.45, 2.75) is 6.92 Å². The van der Waals surface area contributed by atoms with Gasteiger partial charge in [0.15, 0.2) is 0 Å². The fourth-order valence-electron chi connectivity index (χ4n) is 3.01. The minimum Gasteiger partial charge on any atom is -0.496 e. The number of methoxy groups -OCH3 is 1. The first-order valence-corrected chi connectivity index (χ1v) is 9.75. The number of ether oxygens (including phenoxy) is 1. The van der Waals surface area contributed by atoms with E-state index in [0.29, 0.717) is 33.7 Å². The largest absolute Gasteiger partial charge is 0.496 e. The minimum atomic E-state index is -0.309. The minimum absolute atomic E-state index is 0.309. The van der Waals surface area contributed by atoms with Crippen LogP contribution < -0.4 is 15.4 Å². The van der Waals surface area contributed by atoms with Crippen molar-refractivity contribution in [3.05, 3.63) is 83.7 Å². The third kappa shape index (κ3) is 4.65. The second-order valence-corrected chi connectivity index (χ2v) is 7.04. The number of carbonyl (C=O) groups excluding carboxylic acids is 1. The second-order valence-electron chi connectivity index (χ2n) is 6.61. The number of amides is 1. The van der Waals surface area contributed by atoms with Crippen LogP contribution in [0.1, 0.15) is 16.2 Å². The lowest BCUT2D eigenvalue weighted by Gasteiger charge is -2.11. The van der Waals surface area contributed by atoms with Crippen LogP contribution in [-0.4, -0.2) is 32.5 Å². The van der Waals surface area contributed by atoms with E-state index in [1.54, 1.807) is 36.5 Å². The van der Waals surface area contributed by atoms with E-state index in [-0.39, 0.29) is 5.91 Å². The average molecular weight is 435 g/mol. The first-order chi connectivity index (χ1) is 15.0. The van der Waals surface area contributed by atoms with Crippen molar-refractivity contribution in [3.63, 3.8) is 0 Å². The monoisotopic (exact) mass is 434 g/mol. The summed E-state index contributed by atoms with van der Waals surface area (Å²) >= 11 is 6.01. The molecule has 8 nitrogen and oxygen atoms in total. The molecule has 2 heterocycles. The zero-order chi connectivity index (χ0) is 21.8. The number of anilines is 3. The Morgan fingerprint density at radius 2 is 1.81 bits per heavy atom. The molecule has 0 bridgehead atoms. The van der Waals surface area contributed by atoms with E-state index in [1.807, 2.05) is 35.9 Å². The smallest absolute Gasteiger partial charge is 0.259 e. The van der Waals surface area contributed by atoms with Crippen molar-refractivity contribution >= 4 is 34.7 Å². The van der Waals surface area contributed by atoms with Crippen LogP contribution >= 0.6 is 11.6 Å². The van der Waals surface area contributed by atoms with Crippen LogP contribution in [0.5, 0.6) is 5.75 Å². The quantitative estimate of drug-likeness (QED) is 0.459. The van der Waals surface area contributed by atoms with Crippen LogP contribution in [0.25, 0.3) is 5.82 Å². The molecule has 0 unspecified atom stereocenters. The lowest BCUT2D eigenvalue weighted by molar-refractivity contribution is 0.102. The molecule has 2 aromatic heterocycles. The van der Waals surface area contributed by atoms with Crippen molar-refractivity contribution in [1.82, 2.24) is 19.5 Å². The van der Waals surface area contributed by atoms with Gasteiger partial charge in [0.2, 0.25) is 0 Å². The lowest BCUT2D eigenvalue weighted by Crippen LogP contribution is -2.13. The normalized spacial score (nSPS) is 10.5. The van der Waals surface area contributed by atoms with E-state index < -0.39 is 0 Å². The van der Waals surface area contributed by atoms with Crippen LogP contribution in [-0.2, 0) is 0 Å². The molecule has 0 saturated heterocycles. The van der Waals surface area contributed by atoms with Crippen LogP contribution in [0.4, 0.5) is 17.2 Å². The molecule has 0 aliphatic rings. The number of rotatable bonds is 6. The Balaban J connectivity index is 1.46. The molecule has 2 aromatic carbocycles. The molecule has 0 fully saturated rings. The Morgan fingerprint density at radius 1 is 1.03 bits per heavy atom. The zero-order valence-corrected chi connectivity index (χ0v) is 17.6. The van der Waals surface area contributed by atoms with Gasteiger partial charge < -0.3 is 15.4 Å². The van der Waals surface area contributed by atoms with Gasteiger partial charge in [-0.2, -0.15) is 0 Å². The fraction of sp³-hybridized carbons (Fsp3) is 0.0909. The summed E-state index contributed by atoms with van der Waals surface area (Å²) in [5.74, 6) is 2.33. The number of hydrogen-bond acceptors (Lipinski definition) is 6. The van der Waals surface area contributed by atoms with Gasteiger partial charge in [-0.25, -0.2) is 15.0 Å². The zero-order valence-electron chi connectivity index (χ0n) is 16.8. The van der Waals surface area contributed by atoms with Crippen molar-refractivity contribution in [2.24, 2.45) is 0 Å². The summed E-state index contributed by atoms with van der Waals surface area (Å²) in [5.41, 5.74) is 1.81. The Bertz CT molecular complexity index is 1220. The summed E-state index contributed by atoms with van der Waals surface area (Å²) in [7, 11) is 1.51. The third-order valence-corrected chi connectivity index (χ3v) is 4.78. The highest BCUT2D eigenvalue weighted by Crippen LogP contribution is 2.24. The van der Waals surface area contributed by atoms with Gasteiger partial charge >= 0.3 is 0 Å². The van der Waals surface area contributed by atoms with Gasteiger partial charge in [0.25, 0.3) is 5.91 Å². The average Bonchev–Trinajstić information content (AvgIpc) is 3.21. The Labute approximate surface area is 183 Å². The summed E-state index contributed by atoms with van der Waals surface area (Å²) < 4.78 is 7.11. The van der Waals surface area contributed by atoms with E-state index in [2.05, 4.69) is 25.6 Å². The van der Waals surface area contributed by atoms with Gasteiger partial charge in [0.1, 0.15) is 29.5 Å². The van der Waals surface area contributed by atoms with Gasteiger partial charge in [0, 0.05) is 34.9 Å².